The highest BCUT2D eigenvalue weighted by molar-refractivity contribution is 7.86. The van der Waals surface area contributed by atoms with Gasteiger partial charge in [-0.25, -0.2) is 0 Å². The Hall–Kier alpha value is -1.47. The SMILES string of the molecule is Cc1c(N)cc(S(=O)(=O)O)c(N)c1N. The van der Waals surface area contributed by atoms with E-state index < -0.39 is 15.0 Å². The van der Waals surface area contributed by atoms with Crippen molar-refractivity contribution >= 4 is 27.2 Å². The normalized spacial score (nSPS) is 11.6. The molecule has 0 unspecified atom stereocenters. The molecule has 0 aliphatic carbocycles. The summed E-state index contributed by atoms with van der Waals surface area (Å²) in [6.45, 7) is 1.61. The first-order valence-electron chi connectivity index (χ1n) is 3.66. The Balaban J connectivity index is 3.66. The molecule has 0 amide bonds. The van der Waals surface area contributed by atoms with Crippen molar-refractivity contribution in [1.29, 1.82) is 0 Å². The predicted molar refractivity (Wildman–Crippen MR) is 54.2 cm³/mol. The van der Waals surface area contributed by atoms with E-state index >= 15 is 0 Å². The summed E-state index contributed by atoms with van der Waals surface area (Å²) in [6.07, 6.45) is 0. The van der Waals surface area contributed by atoms with Gasteiger partial charge in [0.05, 0.1) is 11.4 Å². The zero-order chi connectivity index (χ0) is 11.1. The van der Waals surface area contributed by atoms with E-state index in [2.05, 4.69) is 0 Å². The van der Waals surface area contributed by atoms with Gasteiger partial charge in [-0.05, 0) is 18.6 Å². The number of benzene rings is 1. The second-order valence-corrected chi connectivity index (χ2v) is 4.28. The Morgan fingerprint density at radius 3 is 2.14 bits per heavy atom. The Labute approximate surface area is 81.4 Å². The Kier molecular flexibility index (Phi) is 2.30. The van der Waals surface area contributed by atoms with Gasteiger partial charge in [-0.2, -0.15) is 8.42 Å². The van der Waals surface area contributed by atoms with Crippen LogP contribution in [0.2, 0.25) is 0 Å². The van der Waals surface area contributed by atoms with Gasteiger partial charge in [-0.3, -0.25) is 4.55 Å². The molecule has 0 aliphatic rings. The molecule has 0 aliphatic heterocycles. The maximum Gasteiger partial charge on any atom is 0.296 e. The quantitative estimate of drug-likeness (QED) is 0.386. The summed E-state index contributed by atoms with van der Waals surface area (Å²) in [6, 6.07) is 1.08. The molecular weight excluding hydrogens is 206 g/mol. The maximum atomic E-state index is 10.8. The molecule has 7 N–H and O–H groups in total. The van der Waals surface area contributed by atoms with E-state index in [0.29, 0.717) is 5.56 Å². The second-order valence-electron chi connectivity index (χ2n) is 2.89. The van der Waals surface area contributed by atoms with E-state index in [4.69, 9.17) is 21.8 Å². The van der Waals surface area contributed by atoms with Crippen molar-refractivity contribution in [2.75, 3.05) is 17.2 Å². The molecule has 0 spiro atoms. The predicted octanol–water partition coefficient (Wildman–Crippen LogP) is -0.0117. The van der Waals surface area contributed by atoms with E-state index in [9.17, 15) is 8.42 Å². The number of nitrogens with two attached hydrogens (primary N) is 3. The largest absolute Gasteiger partial charge is 0.398 e. The topological polar surface area (TPSA) is 132 Å². The van der Waals surface area contributed by atoms with Gasteiger partial charge in [0.1, 0.15) is 4.90 Å². The van der Waals surface area contributed by atoms with Crippen LogP contribution >= 0.6 is 0 Å². The summed E-state index contributed by atoms with van der Waals surface area (Å²) >= 11 is 0. The number of hydrogen-bond donors (Lipinski definition) is 4. The zero-order valence-electron chi connectivity index (χ0n) is 7.48. The first-order valence-corrected chi connectivity index (χ1v) is 5.10. The first-order chi connectivity index (χ1) is 6.25. The van der Waals surface area contributed by atoms with Crippen LogP contribution < -0.4 is 17.2 Å². The third-order valence-corrected chi connectivity index (χ3v) is 2.85. The fourth-order valence-electron chi connectivity index (χ4n) is 1.03. The smallest absolute Gasteiger partial charge is 0.296 e. The van der Waals surface area contributed by atoms with E-state index in [-0.39, 0.29) is 17.1 Å². The summed E-state index contributed by atoms with van der Waals surface area (Å²) in [4.78, 5) is -0.460. The lowest BCUT2D eigenvalue weighted by Crippen LogP contribution is -2.09. The fourth-order valence-corrected chi connectivity index (χ4v) is 1.69. The van der Waals surface area contributed by atoms with Gasteiger partial charge in [-0.15, -0.1) is 0 Å². The lowest BCUT2D eigenvalue weighted by molar-refractivity contribution is 0.483. The Morgan fingerprint density at radius 2 is 1.71 bits per heavy atom. The van der Waals surface area contributed by atoms with Gasteiger partial charge in [0.2, 0.25) is 0 Å². The van der Waals surface area contributed by atoms with Crippen LogP contribution in [0.25, 0.3) is 0 Å². The van der Waals surface area contributed by atoms with Crippen LogP contribution in [0, 0.1) is 6.92 Å². The summed E-state index contributed by atoms with van der Waals surface area (Å²) in [7, 11) is -4.38. The van der Waals surface area contributed by atoms with Crippen LogP contribution in [0.4, 0.5) is 17.1 Å². The van der Waals surface area contributed by atoms with E-state index in [1.54, 1.807) is 6.92 Å². The molecule has 1 aromatic rings. The highest BCUT2D eigenvalue weighted by Gasteiger charge is 2.18. The average Bonchev–Trinajstić information content (AvgIpc) is 2.06. The lowest BCUT2D eigenvalue weighted by Gasteiger charge is -2.10. The van der Waals surface area contributed by atoms with Crippen molar-refractivity contribution in [3.63, 3.8) is 0 Å². The monoisotopic (exact) mass is 217 g/mol. The zero-order valence-corrected chi connectivity index (χ0v) is 8.30. The van der Waals surface area contributed by atoms with Crippen molar-refractivity contribution in [2.45, 2.75) is 11.8 Å². The van der Waals surface area contributed by atoms with Crippen molar-refractivity contribution in [3.8, 4) is 0 Å². The number of nitrogen functional groups attached to an aromatic ring is 3. The highest BCUT2D eigenvalue weighted by atomic mass is 32.2. The summed E-state index contributed by atoms with van der Waals surface area (Å²) in [5.41, 5.74) is 16.9. The van der Waals surface area contributed by atoms with Gasteiger partial charge in [0.15, 0.2) is 0 Å². The van der Waals surface area contributed by atoms with E-state index in [1.807, 2.05) is 0 Å². The Bertz CT molecular complexity index is 481. The number of anilines is 3. The Morgan fingerprint density at radius 1 is 1.21 bits per heavy atom. The third-order valence-electron chi connectivity index (χ3n) is 1.96. The fraction of sp³-hybridized carbons (Fsp3) is 0.143. The molecule has 0 fully saturated rings. The van der Waals surface area contributed by atoms with Crippen molar-refractivity contribution < 1.29 is 13.0 Å². The molecule has 0 aromatic heterocycles. The summed E-state index contributed by atoms with van der Waals surface area (Å²) in [5.74, 6) is 0. The highest BCUT2D eigenvalue weighted by Crippen LogP contribution is 2.31. The number of rotatable bonds is 1. The van der Waals surface area contributed by atoms with Crippen LogP contribution in [-0.2, 0) is 10.1 Å². The van der Waals surface area contributed by atoms with Crippen LogP contribution in [0.5, 0.6) is 0 Å². The molecule has 7 heteroatoms. The molecule has 0 saturated heterocycles. The molecule has 0 saturated carbocycles. The van der Waals surface area contributed by atoms with Gasteiger partial charge in [0, 0.05) is 5.69 Å². The van der Waals surface area contributed by atoms with Crippen LogP contribution in [0.1, 0.15) is 5.56 Å². The second kappa shape index (κ2) is 3.03. The van der Waals surface area contributed by atoms with Crippen LogP contribution in [-0.4, -0.2) is 13.0 Å². The maximum absolute atomic E-state index is 10.8. The average molecular weight is 217 g/mol. The molecule has 6 nitrogen and oxygen atoms in total. The minimum absolute atomic E-state index is 0.0672. The molecule has 0 bridgehead atoms. The third kappa shape index (κ3) is 1.59. The molecule has 0 radical (unpaired) electrons. The standard InChI is InChI=1S/C7H11N3O3S/c1-3-4(8)2-5(14(11,12)13)7(10)6(3)9/h2H,8-10H2,1H3,(H,11,12,13). The van der Waals surface area contributed by atoms with Crippen LogP contribution in [0.3, 0.4) is 0 Å². The van der Waals surface area contributed by atoms with Crippen molar-refractivity contribution in [1.82, 2.24) is 0 Å². The van der Waals surface area contributed by atoms with E-state index in [0.717, 1.165) is 6.07 Å². The molecule has 0 heterocycles. The molecule has 14 heavy (non-hydrogen) atoms. The van der Waals surface area contributed by atoms with E-state index in [1.165, 1.54) is 0 Å². The minimum Gasteiger partial charge on any atom is -0.398 e. The summed E-state index contributed by atoms with van der Waals surface area (Å²) in [5, 5.41) is 0. The molecular formula is C7H11N3O3S. The van der Waals surface area contributed by atoms with Gasteiger partial charge in [-0.1, -0.05) is 0 Å². The van der Waals surface area contributed by atoms with Crippen molar-refractivity contribution in [2.24, 2.45) is 0 Å². The van der Waals surface area contributed by atoms with Crippen molar-refractivity contribution in [3.05, 3.63) is 11.6 Å². The van der Waals surface area contributed by atoms with Gasteiger partial charge >= 0.3 is 0 Å². The van der Waals surface area contributed by atoms with Gasteiger partial charge in [0.25, 0.3) is 10.1 Å². The summed E-state index contributed by atoms with van der Waals surface area (Å²) < 4.78 is 30.5. The first kappa shape index (κ1) is 10.6. The minimum atomic E-state index is -4.38. The molecule has 0 atom stereocenters. The lowest BCUT2D eigenvalue weighted by atomic mass is 10.1. The molecule has 1 rings (SSSR count). The molecule has 1 aromatic carbocycles. The number of hydrogen-bond acceptors (Lipinski definition) is 5. The molecule has 78 valence electrons. The van der Waals surface area contributed by atoms with Gasteiger partial charge < -0.3 is 17.2 Å². The van der Waals surface area contributed by atoms with Crippen LogP contribution in [0.15, 0.2) is 11.0 Å².